The minimum absolute atomic E-state index is 0.0954. The second-order valence-corrected chi connectivity index (χ2v) is 11.6. The highest BCUT2D eigenvalue weighted by Gasteiger charge is 2.32. The van der Waals surface area contributed by atoms with E-state index in [1.54, 1.807) is 17.0 Å². The van der Waals surface area contributed by atoms with Crippen LogP contribution in [-0.2, 0) is 28.3 Å². The zero-order valence-corrected chi connectivity index (χ0v) is 23.2. The number of hydrogen-bond donors (Lipinski definition) is 1. The molecule has 0 radical (unpaired) electrons. The lowest BCUT2D eigenvalue weighted by atomic mass is 10.0. The SMILES string of the molecule is CC(C)(C)NC(=O)[C@H](Cc1ccccc1)N(Cc1ccc(Cl)cc1)C(=O)CSCc1cccc(Cl)c1. The van der Waals surface area contributed by atoms with Crippen molar-refractivity contribution in [2.45, 2.75) is 51.1 Å². The highest BCUT2D eigenvalue weighted by molar-refractivity contribution is 7.99. The van der Waals surface area contributed by atoms with Crippen molar-refractivity contribution < 1.29 is 9.59 Å². The molecule has 0 aromatic heterocycles. The van der Waals surface area contributed by atoms with Crippen molar-refractivity contribution in [1.82, 2.24) is 10.2 Å². The van der Waals surface area contributed by atoms with Crippen molar-refractivity contribution in [2.75, 3.05) is 5.75 Å². The lowest BCUT2D eigenvalue weighted by molar-refractivity contribution is -0.140. The molecule has 3 aromatic carbocycles. The average Bonchev–Trinajstić information content (AvgIpc) is 2.82. The summed E-state index contributed by atoms with van der Waals surface area (Å²) in [5.41, 5.74) is 2.53. The van der Waals surface area contributed by atoms with E-state index in [1.807, 2.05) is 87.5 Å². The number of thioether (sulfide) groups is 1. The van der Waals surface area contributed by atoms with Crippen LogP contribution in [0.15, 0.2) is 78.9 Å². The molecule has 7 heteroatoms. The van der Waals surface area contributed by atoms with Gasteiger partial charge >= 0.3 is 0 Å². The molecule has 2 amide bonds. The number of halogens is 2. The minimum atomic E-state index is -0.665. The van der Waals surface area contributed by atoms with E-state index in [4.69, 9.17) is 23.2 Å². The fraction of sp³-hybridized carbons (Fsp3) is 0.310. The van der Waals surface area contributed by atoms with Crippen molar-refractivity contribution >= 4 is 46.8 Å². The first kappa shape index (κ1) is 28.1. The third kappa shape index (κ3) is 9.20. The predicted molar refractivity (Wildman–Crippen MR) is 151 cm³/mol. The number of nitrogens with zero attached hydrogens (tertiary/aromatic N) is 1. The van der Waals surface area contributed by atoms with Crippen LogP contribution in [0.1, 0.15) is 37.5 Å². The van der Waals surface area contributed by atoms with Gasteiger partial charge in [-0.2, -0.15) is 0 Å². The van der Waals surface area contributed by atoms with Crippen molar-refractivity contribution in [3.8, 4) is 0 Å². The molecule has 0 aliphatic rings. The normalized spacial score (nSPS) is 12.1. The topological polar surface area (TPSA) is 49.4 Å². The fourth-order valence-electron chi connectivity index (χ4n) is 3.76. The maximum Gasteiger partial charge on any atom is 0.243 e. The monoisotopic (exact) mass is 542 g/mol. The molecule has 1 N–H and O–H groups in total. The molecule has 3 aromatic rings. The van der Waals surface area contributed by atoms with Gasteiger partial charge in [0.1, 0.15) is 6.04 Å². The quantitative estimate of drug-likeness (QED) is 0.307. The number of nitrogens with one attached hydrogen (secondary N) is 1. The van der Waals surface area contributed by atoms with Crippen LogP contribution in [-0.4, -0.2) is 34.0 Å². The molecule has 190 valence electrons. The molecular formula is C29H32Cl2N2O2S. The van der Waals surface area contributed by atoms with Gasteiger partial charge in [0, 0.05) is 34.3 Å². The standard InChI is InChI=1S/C29H32Cl2N2O2S/c1-29(2,3)32-28(35)26(17-21-8-5-4-6-9-21)33(18-22-12-14-24(30)15-13-22)27(34)20-36-19-23-10-7-11-25(31)16-23/h4-16,26H,17-20H2,1-3H3,(H,32,35)/t26-/m0/s1. The van der Waals surface area contributed by atoms with E-state index in [0.717, 1.165) is 16.7 Å². The Labute approximate surface area is 228 Å². The van der Waals surface area contributed by atoms with E-state index < -0.39 is 11.6 Å². The number of amides is 2. The first-order valence-corrected chi connectivity index (χ1v) is 13.7. The summed E-state index contributed by atoms with van der Waals surface area (Å²) in [6.45, 7) is 6.13. The van der Waals surface area contributed by atoms with Crippen LogP contribution in [0.4, 0.5) is 0 Å². The molecule has 0 unspecified atom stereocenters. The van der Waals surface area contributed by atoms with Gasteiger partial charge < -0.3 is 10.2 Å². The van der Waals surface area contributed by atoms with Crippen LogP contribution >= 0.6 is 35.0 Å². The highest BCUT2D eigenvalue weighted by Crippen LogP contribution is 2.21. The van der Waals surface area contributed by atoms with Gasteiger partial charge in [0.2, 0.25) is 11.8 Å². The van der Waals surface area contributed by atoms with Gasteiger partial charge in [-0.1, -0.05) is 77.8 Å². The minimum Gasteiger partial charge on any atom is -0.350 e. The van der Waals surface area contributed by atoms with E-state index in [9.17, 15) is 9.59 Å². The number of benzene rings is 3. The Morgan fingerprint density at radius 1 is 0.861 bits per heavy atom. The molecule has 0 spiro atoms. The van der Waals surface area contributed by atoms with Gasteiger partial charge in [0.25, 0.3) is 0 Å². The summed E-state index contributed by atoms with van der Waals surface area (Å²) in [5, 5.41) is 4.38. The Bertz CT molecular complexity index is 1150. The second kappa shape index (κ2) is 13.2. The smallest absolute Gasteiger partial charge is 0.243 e. The Hall–Kier alpha value is -2.47. The molecule has 0 aliphatic heterocycles. The third-order valence-corrected chi connectivity index (χ3v) is 6.89. The second-order valence-electron chi connectivity index (χ2n) is 9.72. The summed E-state index contributed by atoms with van der Waals surface area (Å²) in [4.78, 5) is 28.9. The van der Waals surface area contributed by atoms with Crippen molar-refractivity contribution in [1.29, 1.82) is 0 Å². The molecule has 0 saturated carbocycles. The van der Waals surface area contributed by atoms with Crippen LogP contribution in [0.25, 0.3) is 0 Å². The highest BCUT2D eigenvalue weighted by atomic mass is 35.5. The van der Waals surface area contributed by atoms with Crippen LogP contribution in [0.5, 0.6) is 0 Å². The first-order valence-electron chi connectivity index (χ1n) is 11.8. The molecule has 0 saturated heterocycles. The van der Waals surface area contributed by atoms with Crippen LogP contribution in [0.2, 0.25) is 10.0 Å². The molecule has 0 aliphatic carbocycles. The van der Waals surface area contributed by atoms with Crippen molar-refractivity contribution in [3.05, 3.63) is 106 Å². The zero-order valence-electron chi connectivity index (χ0n) is 20.8. The summed E-state index contributed by atoms with van der Waals surface area (Å²) in [7, 11) is 0. The Kier molecular flexibility index (Phi) is 10.3. The Morgan fingerprint density at radius 2 is 1.53 bits per heavy atom. The number of carbonyl (C=O) groups excluding carboxylic acids is 2. The molecule has 1 atom stereocenters. The summed E-state index contributed by atoms with van der Waals surface area (Å²) < 4.78 is 0. The molecular weight excluding hydrogens is 511 g/mol. The molecule has 4 nitrogen and oxygen atoms in total. The number of carbonyl (C=O) groups is 2. The van der Waals surface area contributed by atoms with Crippen LogP contribution in [0, 0.1) is 0 Å². The van der Waals surface area contributed by atoms with Gasteiger partial charge in [0.05, 0.1) is 5.75 Å². The molecule has 0 bridgehead atoms. The van der Waals surface area contributed by atoms with Crippen molar-refractivity contribution in [3.63, 3.8) is 0 Å². The van der Waals surface area contributed by atoms with E-state index in [-0.39, 0.29) is 17.6 Å². The largest absolute Gasteiger partial charge is 0.350 e. The maximum atomic E-state index is 13.6. The van der Waals surface area contributed by atoms with E-state index >= 15 is 0 Å². The maximum absolute atomic E-state index is 13.6. The van der Waals surface area contributed by atoms with Gasteiger partial charge in [0.15, 0.2) is 0 Å². The van der Waals surface area contributed by atoms with Gasteiger partial charge in [-0.15, -0.1) is 11.8 Å². The third-order valence-electron chi connectivity index (χ3n) is 5.42. The summed E-state index contributed by atoms with van der Waals surface area (Å²) in [5.74, 6) is 0.628. The number of hydrogen-bond acceptors (Lipinski definition) is 3. The summed E-state index contributed by atoms with van der Waals surface area (Å²) in [6, 6.07) is 24.1. The van der Waals surface area contributed by atoms with Gasteiger partial charge in [-0.3, -0.25) is 9.59 Å². The number of rotatable bonds is 10. The Morgan fingerprint density at radius 3 is 2.17 bits per heavy atom. The fourth-order valence-corrected chi connectivity index (χ4v) is 4.96. The zero-order chi connectivity index (χ0) is 26.1. The summed E-state index contributed by atoms with van der Waals surface area (Å²) in [6.07, 6.45) is 0.418. The molecule has 0 fully saturated rings. The van der Waals surface area contributed by atoms with E-state index in [1.165, 1.54) is 11.8 Å². The van der Waals surface area contributed by atoms with Gasteiger partial charge in [-0.25, -0.2) is 0 Å². The van der Waals surface area contributed by atoms with Gasteiger partial charge in [-0.05, 0) is 61.7 Å². The first-order chi connectivity index (χ1) is 17.1. The predicted octanol–water partition coefficient (Wildman–Crippen LogP) is 6.78. The lowest BCUT2D eigenvalue weighted by Crippen LogP contribution is -2.54. The Balaban J connectivity index is 1.86. The van der Waals surface area contributed by atoms with Crippen LogP contribution in [0.3, 0.4) is 0 Å². The lowest BCUT2D eigenvalue weighted by Gasteiger charge is -2.34. The van der Waals surface area contributed by atoms with Crippen LogP contribution < -0.4 is 5.32 Å². The van der Waals surface area contributed by atoms with E-state index in [0.29, 0.717) is 28.8 Å². The molecule has 0 heterocycles. The van der Waals surface area contributed by atoms with Crippen molar-refractivity contribution in [2.24, 2.45) is 0 Å². The van der Waals surface area contributed by atoms with E-state index in [2.05, 4.69) is 5.32 Å². The molecule has 3 rings (SSSR count). The molecule has 36 heavy (non-hydrogen) atoms. The summed E-state index contributed by atoms with van der Waals surface area (Å²) >= 11 is 13.7. The average molecular weight is 544 g/mol.